The van der Waals surface area contributed by atoms with Crippen LogP contribution in [0.3, 0.4) is 0 Å². The summed E-state index contributed by atoms with van der Waals surface area (Å²) >= 11 is 13.6. The number of hydrogen-bond donors (Lipinski definition) is 0. The van der Waals surface area contributed by atoms with E-state index in [4.69, 9.17) is 23.2 Å². The normalized spacial score (nSPS) is 18.5. The highest BCUT2D eigenvalue weighted by molar-refractivity contribution is 7.10. The molecule has 20 heavy (non-hydrogen) atoms. The van der Waals surface area contributed by atoms with E-state index in [1.54, 1.807) is 11.3 Å². The van der Waals surface area contributed by atoms with Crippen molar-refractivity contribution in [2.24, 2.45) is 0 Å². The van der Waals surface area contributed by atoms with Crippen molar-refractivity contribution in [2.75, 3.05) is 6.54 Å². The number of halogens is 2. The first-order valence-electron chi connectivity index (χ1n) is 6.32. The molecule has 2 aromatic heterocycles. The van der Waals surface area contributed by atoms with E-state index in [2.05, 4.69) is 11.1 Å². The summed E-state index contributed by atoms with van der Waals surface area (Å²) in [6, 6.07) is 5.76. The smallest absolute Gasteiger partial charge is 0.256 e. The predicted molar refractivity (Wildman–Crippen MR) is 81.6 cm³/mol. The average Bonchev–Trinajstić information content (AvgIpc) is 3.10. The molecule has 104 valence electrons. The summed E-state index contributed by atoms with van der Waals surface area (Å²) in [4.78, 5) is 19.7. The number of pyridine rings is 1. The third kappa shape index (κ3) is 2.55. The standard InChI is InChI=1S/C14H12Cl2N2OS/c15-10-8-17-13(16)7-9(10)14(19)18-5-1-3-11(18)12-4-2-6-20-12/h2,4,6-8,11H,1,3,5H2. The Morgan fingerprint density at radius 3 is 3.05 bits per heavy atom. The van der Waals surface area contributed by atoms with Gasteiger partial charge in [-0.05, 0) is 30.4 Å². The second-order valence-corrected chi connectivity index (χ2v) is 6.43. The van der Waals surface area contributed by atoms with Gasteiger partial charge >= 0.3 is 0 Å². The largest absolute Gasteiger partial charge is 0.331 e. The fraction of sp³-hybridized carbons (Fsp3) is 0.286. The summed E-state index contributed by atoms with van der Waals surface area (Å²) in [6.07, 6.45) is 3.42. The number of carbonyl (C=O) groups excluding carboxylic acids is 1. The number of likely N-dealkylation sites (tertiary alicyclic amines) is 1. The van der Waals surface area contributed by atoms with Gasteiger partial charge in [0.1, 0.15) is 5.15 Å². The van der Waals surface area contributed by atoms with E-state index in [0.717, 1.165) is 19.4 Å². The Bertz CT molecular complexity index is 630. The molecule has 0 radical (unpaired) electrons. The Balaban J connectivity index is 1.91. The van der Waals surface area contributed by atoms with E-state index in [1.807, 2.05) is 16.3 Å². The molecule has 1 aliphatic heterocycles. The van der Waals surface area contributed by atoms with Crippen molar-refractivity contribution in [3.05, 3.63) is 50.4 Å². The van der Waals surface area contributed by atoms with Gasteiger partial charge in [-0.3, -0.25) is 4.79 Å². The van der Waals surface area contributed by atoms with Crippen molar-refractivity contribution >= 4 is 40.4 Å². The van der Waals surface area contributed by atoms with E-state index in [1.165, 1.54) is 17.1 Å². The van der Waals surface area contributed by atoms with Crippen LogP contribution in [0.25, 0.3) is 0 Å². The van der Waals surface area contributed by atoms with Crippen LogP contribution in [0.15, 0.2) is 29.8 Å². The second kappa shape index (κ2) is 5.72. The zero-order valence-corrected chi connectivity index (χ0v) is 12.9. The summed E-state index contributed by atoms with van der Waals surface area (Å²) in [5.74, 6) is -0.0739. The highest BCUT2D eigenvalue weighted by Gasteiger charge is 2.32. The summed E-state index contributed by atoms with van der Waals surface area (Å²) in [5, 5.41) is 2.66. The molecule has 1 saturated heterocycles. The zero-order valence-electron chi connectivity index (χ0n) is 10.6. The van der Waals surface area contributed by atoms with Crippen LogP contribution in [0.4, 0.5) is 0 Å². The minimum Gasteiger partial charge on any atom is -0.331 e. The number of rotatable bonds is 2. The first-order chi connectivity index (χ1) is 9.66. The third-order valence-electron chi connectivity index (χ3n) is 3.44. The maximum Gasteiger partial charge on any atom is 0.256 e. The quantitative estimate of drug-likeness (QED) is 0.765. The first kappa shape index (κ1) is 13.9. The first-order valence-corrected chi connectivity index (χ1v) is 7.96. The topological polar surface area (TPSA) is 33.2 Å². The number of thiophene rings is 1. The number of carbonyl (C=O) groups is 1. The van der Waals surface area contributed by atoms with Gasteiger partial charge in [0.15, 0.2) is 0 Å². The van der Waals surface area contributed by atoms with E-state index in [-0.39, 0.29) is 17.1 Å². The lowest BCUT2D eigenvalue weighted by Gasteiger charge is -2.24. The van der Waals surface area contributed by atoms with Gasteiger partial charge in [0.2, 0.25) is 0 Å². The summed E-state index contributed by atoms with van der Waals surface area (Å²) in [7, 11) is 0. The highest BCUT2D eigenvalue weighted by Crippen LogP contribution is 2.36. The van der Waals surface area contributed by atoms with Crippen LogP contribution < -0.4 is 0 Å². The van der Waals surface area contributed by atoms with Crippen molar-refractivity contribution in [2.45, 2.75) is 18.9 Å². The lowest BCUT2D eigenvalue weighted by Crippen LogP contribution is -2.30. The van der Waals surface area contributed by atoms with Crippen molar-refractivity contribution in [3.63, 3.8) is 0 Å². The predicted octanol–water partition coefficient (Wildman–Crippen LogP) is 4.43. The molecule has 2 aromatic rings. The maximum absolute atomic E-state index is 12.7. The molecule has 1 atom stereocenters. The molecule has 6 heteroatoms. The molecule has 0 N–H and O–H groups in total. The molecule has 0 spiro atoms. The van der Waals surface area contributed by atoms with Crippen molar-refractivity contribution in [3.8, 4) is 0 Å². The van der Waals surface area contributed by atoms with Crippen LogP contribution >= 0.6 is 34.5 Å². The molecule has 1 fully saturated rings. The van der Waals surface area contributed by atoms with Crippen LogP contribution in [0.2, 0.25) is 10.2 Å². The van der Waals surface area contributed by atoms with Gasteiger partial charge in [0, 0.05) is 17.6 Å². The fourth-order valence-electron chi connectivity index (χ4n) is 2.52. The summed E-state index contributed by atoms with van der Waals surface area (Å²) in [6.45, 7) is 0.748. The van der Waals surface area contributed by atoms with Gasteiger partial charge in [0.25, 0.3) is 5.91 Å². The van der Waals surface area contributed by atoms with Crippen LogP contribution in [0.1, 0.15) is 34.1 Å². The van der Waals surface area contributed by atoms with Crippen molar-refractivity contribution in [1.29, 1.82) is 0 Å². The van der Waals surface area contributed by atoms with Crippen LogP contribution in [-0.2, 0) is 0 Å². The Kier molecular flexibility index (Phi) is 3.96. The van der Waals surface area contributed by atoms with Crippen LogP contribution in [0.5, 0.6) is 0 Å². The van der Waals surface area contributed by atoms with Crippen LogP contribution in [0, 0.1) is 0 Å². The zero-order chi connectivity index (χ0) is 14.1. The molecule has 3 nitrogen and oxygen atoms in total. The Morgan fingerprint density at radius 2 is 2.30 bits per heavy atom. The van der Waals surface area contributed by atoms with Crippen molar-refractivity contribution < 1.29 is 4.79 Å². The molecule has 0 bridgehead atoms. The molecule has 1 aliphatic rings. The number of aromatic nitrogens is 1. The molecule has 0 aromatic carbocycles. The van der Waals surface area contributed by atoms with E-state index in [9.17, 15) is 4.79 Å². The molecular weight excluding hydrogens is 315 g/mol. The minimum absolute atomic E-state index is 0.0739. The minimum atomic E-state index is -0.0739. The van der Waals surface area contributed by atoms with Gasteiger partial charge in [-0.1, -0.05) is 29.3 Å². The van der Waals surface area contributed by atoms with Crippen LogP contribution in [-0.4, -0.2) is 22.3 Å². The second-order valence-electron chi connectivity index (χ2n) is 4.66. The molecule has 3 heterocycles. The lowest BCUT2D eigenvalue weighted by molar-refractivity contribution is 0.0738. The summed E-state index contributed by atoms with van der Waals surface area (Å²) in [5.41, 5.74) is 0.426. The van der Waals surface area contributed by atoms with Gasteiger partial charge in [-0.25, -0.2) is 4.98 Å². The van der Waals surface area contributed by atoms with Gasteiger partial charge in [-0.2, -0.15) is 0 Å². The fourth-order valence-corrected chi connectivity index (χ4v) is 3.73. The average molecular weight is 327 g/mol. The van der Waals surface area contributed by atoms with Gasteiger partial charge in [0.05, 0.1) is 16.6 Å². The molecule has 1 unspecified atom stereocenters. The van der Waals surface area contributed by atoms with Gasteiger partial charge < -0.3 is 4.90 Å². The molecule has 0 saturated carbocycles. The third-order valence-corrected chi connectivity index (χ3v) is 4.92. The SMILES string of the molecule is O=C(c1cc(Cl)ncc1Cl)N1CCCC1c1cccs1. The van der Waals surface area contributed by atoms with E-state index in [0.29, 0.717) is 10.6 Å². The molecule has 0 aliphatic carbocycles. The number of nitrogens with zero attached hydrogens (tertiary/aromatic N) is 2. The summed E-state index contributed by atoms with van der Waals surface area (Å²) < 4.78 is 0. The number of hydrogen-bond acceptors (Lipinski definition) is 3. The number of amides is 1. The van der Waals surface area contributed by atoms with E-state index < -0.39 is 0 Å². The van der Waals surface area contributed by atoms with E-state index >= 15 is 0 Å². The Labute approximate surface area is 131 Å². The monoisotopic (exact) mass is 326 g/mol. The van der Waals surface area contributed by atoms with Gasteiger partial charge in [-0.15, -0.1) is 11.3 Å². The molecular formula is C14H12Cl2N2OS. The van der Waals surface area contributed by atoms with Crippen molar-refractivity contribution in [1.82, 2.24) is 9.88 Å². The lowest BCUT2D eigenvalue weighted by atomic mass is 10.1. The molecule has 1 amide bonds. The molecule has 3 rings (SSSR count). The Morgan fingerprint density at radius 1 is 1.45 bits per heavy atom. The Hall–Kier alpha value is -1.10. The maximum atomic E-state index is 12.7. The highest BCUT2D eigenvalue weighted by atomic mass is 35.5.